The van der Waals surface area contributed by atoms with Gasteiger partial charge in [0, 0.05) is 24.7 Å². The predicted molar refractivity (Wildman–Crippen MR) is 76.4 cm³/mol. The van der Waals surface area contributed by atoms with E-state index >= 15 is 0 Å². The number of rotatable bonds is 4. The van der Waals surface area contributed by atoms with Crippen LogP contribution in [0.3, 0.4) is 0 Å². The molecule has 6 nitrogen and oxygen atoms in total. The van der Waals surface area contributed by atoms with E-state index in [-0.39, 0.29) is 18.7 Å². The number of hydrogen-bond donors (Lipinski definition) is 2. The molecule has 0 saturated carbocycles. The zero-order valence-corrected chi connectivity index (χ0v) is 11.9. The van der Waals surface area contributed by atoms with E-state index in [1.165, 1.54) is 4.90 Å². The summed E-state index contributed by atoms with van der Waals surface area (Å²) in [7, 11) is 0. The number of carbonyl (C=O) groups excluding carboxylic acids is 2. The molecule has 1 aromatic carbocycles. The van der Waals surface area contributed by atoms with E-state index in [0.717, 1.165) is 0 Å². The molecule has 0 saturated heterocycles. The summed E-state index contributed by atoms with van der Waals surface area (Å²) in [5.41, 5.74) is 0.968. The molecular formula is C13H16ClN3O3. The second-order valence-corrected chi connectivity index (χ2v) is 4.60. The lowest BCUT2D eigenvalue weighted by atomic mass is 10.1. The summed E-state index contributed by atoms with van der Waals surface area (Å²) < 4.78 is 5.48. The number of fused-ring (bicyclic) bond motifs is 1. The maximum atomic E-state index is 12.2. The Labute approximate surface area is 122 Å². The van der Waals surface area contributed by atoms with E-state index in [1.54, 1.807) is 18.2 Å². The number of nitrogens with one attached hydrogen (secondary N) is 2. The SMILES string of the molecule is CCNC(=O)Nc1ccc2c(c1)C(=O)N(CCCl)CO2. The van der Waals surface area contributed by atoms with E-state index in [0.29, 0.717) is 36.0 Å². The number of anilines is 1. The quantitative estimate of drug-likeness (QED) is 0.833. The smallest absolute Gasteiger partial charge is 0.319 e. The van der Waals surface area contributed by atoms with Crippen molar-refractivity contribution < 1.29 is 14.3 Å². The Balaban J connectivity index is 2.17. The van der Waals surface area contributed by atoms with Gasteiger partial charge in [0.15, 0.2) is 6.73 Å². The molecule has 7 heteroatoms. The fraction of sp³-hybridized carbons (Fsp3) is 0.385. The van der Waals surface area contributed by atoms with E-state index in [4.69, 9.17) is 16.3 Å². The highest BCUT2D eigenvalue weighted by atomic mass is 35.5. The van der Waals surface area contributed by atoms with Crippen LogP contribution in [0.2, 0.25) is 0 Å². The van der Waals surface area contributed by atoms with Crippen molar-refractivity contribution in [3.63, 3.8) is 0 Å². The van der Waals surface area contributed by atoms with Gasteiger partial charge in [0.25, 0.3) is 5.91 Å². The maximum absolute atomic E-state index is 12.2. The topological polar surface area (TPSA) is 70.7 Å². The molecule has 108 valence electrons. The van der Waals surface area contributed by atoms with Crippen molar-refractivity contribution in [1.82, 2.24) is 10.2 Å². The Bertz CT molecular complexity index is 522. The Kier molecular flexibility index (Phi) is 4.68. The summed E-state index contributed by atoms with van der Waals surface area (Å²) in [5, 5.41) is 5.28. The summed E-state index contributed by atoms with van der Waals surface area (Å²) in [4.78, 5) is 25.2. The molecule has 0 unspecified atom stereocenters. The molecule has 3 amide bonds. The van der Waals surface area contributed by atoms with Gasteiger partial charge in [-0.25, -0.2) is 4.79 Å². The van der Waals surface area contributed by atoms with Crippen LogP contribution in [0.1, 0.15) is 17.3 Å². The third-order valence-corrected chi connectivity index (χ3v) is 2.99. The average Bonchev–Trinajstić information content (AvgIpc) is 2.43. The van der Waals surface area contributed by atoms with Crippen LogP contribution in [0.5, 0.6) is 5.75 Å². The molecule has 1 aromatic rings. The standard InChI is InChI=1S/C13H16ClN3O3/c1-2-15-13(19)16-9-3-4-11-10(7-9)12(18)17(6-5-14)8-20-11/h3-4,7H,2,5-6,8H2,1H3,(H2,15,16,19). The number of nitrogens with zero attached hydrogens (tertiary/aromatic N) is 1. The maximum Gasteiger partial charge on any atom is 0.319 e. The molecule has 2 rings (SSSR count). The van der Waals surface area contributed by atoms with Crippen LogP contribution in [0.4, 0.5) is 10.5 Å². The highest BCUT2D eigenvalue weighted by molar-refractivity contribution is 6.18. The Morgan fingerprint density at radius 3 is 3.00 bits per heavy atom. The lowest BCUT2D eigenvalue weighted by Crippen LogP contribution is -2.39. The first-order chi connectivity index (χ1) is 9.65. The number of halogens is 1. The molecule has 1 heterocycles. The van der Waals surface area contributed by atoms with Crippen molar-refractivity contribution in [2.24, 2.45) is 0 Å². The zero-order valence-electron chi connectivity index (χ0n) is 11.1. The van der Waals surface area contributed by atoms with Crippen LogP contribution in [0.25, 0.3) is 0 Å². The molecule has 0 fully saturated rings. The van der Waals surface area contributed by atoms with Crippen LogP contribution in [-0.4, -0.2) is 42.5 Å². The summed E-state index contributed by atoms with van der Waals surface area (Å²) >= 11 is 5.65. The second-order valence-electron chi connectivity index (χ2n) is 4.23. The summed E-state index contributed by atoms with van der Waals surface area (Å²) in [6.07, 6.45) is 0. The number of benzene rings is 1. The van der Waals surface area contributed by atoms with Gasteiger partial charge in [-0.05, 0) is 25.1 Å². The first kappa shape index (κ1) is 14.5. The number of ether oxygens (including phenoxy) is 1. The fourth-order valence-corrected chi connectivity index (χ4v) is 2.09. The van der Waals surface area contributed by atoms with Gasteiger partial charge in [0.1, 0.15) is 5.75 Å². The molecule has 0 bridgehead atoms. The van der Waals surface area contributed by atoms with Gasteiger partial charge in [-0.1, -0.05) is 0 Å². The minimum absolute atomic E-state index is 0.147. The van der Waals surface area contributed by atoms with Gasteiger partial charge in [0.2, 0.25) is 0 Å². The minimum Gasteiger partial charge on any atom is -0.472 e. The lowest BCUT2D eigenvalue weighted by molar-refractivity contribution is 0.0540. The van der Waals surface area contributed by atoms with Crippen LogP contribution in [0, 0.1) is 0 Å². The Morgan fingerprint density at radius 1 is 1.50 bits per heavy atom. The monoisotopic (exact) mass is 297 g/mol. The Hall–Kier alpha value is -1.95. The third-order valence-electron chi connectivity index (χ3n) is 2.82. The van der Waals surface area contributed by atoms with Gasteiger partial charge in [0.05, 0.1) is 5.56 Å². The van der Waals surface area contributed by atoms with E-state index in [9.17, 15) is 9.59 Å². The molecule has 2 N–H and O–H groups in total. The summed E-state index contributed by atoms with van der Waals surface area (Å²) in [5.74, 6) is 0.718. The third kappa shape index (κ3) is 3.14. The normalized spacial score (nSPS) is 13.5. The fourth-order valence-electron chi connectivity index (χ4n) is 1.88. The van der Waals surface area contributed by atoms with Crippen LogP contribution in [-0.2, 0) is 0 Å². The molecule has 0 spiro atoms. The molecular weight excluding hydrogens is 282 g/mol. The number of hydrogen-bond acceptors (Lipinski definition) is 3. The van der Waals surface area contributed by atoms with Crippen molar-refractivity contribution in [3.05, 3.63) is 23.8 Å². The zero-order chi connectivity index (χ0) is 14.5. The number of amides is 3. The number of urea groups is 1. The van der Waals surface area contributed by atoms with E-state index in [1.807, 2.05) is 6.92 Å². The largest absolute Gasteiger partial charge is 0.472 e. The second kappa shape index (κ2) is 6.47. The van der Waals surface area contributed by atoms with Crippen molar-refractivity contribution in [1.29, 1.82) is 0 Å². The molecule has 0 aliphatic carbocycles. The number of carbonyl (C=O) groups is 2. The molecule has 0 radical (unpaired) electrons. The van der Waals surface area contributed by atoms with Gasteiger partial charge in [-0.3, -0.25) is 4.79 Å². The van der Waals surface area contributed by atoms with Crippen molar-refractivity contribution >= 4 is 29.2 Å². The van der Waals surface area contributed by atoms with Crippen molar-refractivity contribution in [3.8, 4) is 5.75 Å². The lowest BCUT2D eigenvalue weighted by Gasteiger charge is -2.28. The highest BCUT2D eigenvalue weighted by Gasteiger charge is 2.25. The molecule has 0 atom stereocenters. The van der Waals surface area contributed by atoms with Crippen LogP contribution < -0.4 is 15.4 Å². The molecule has 0 aromatic heterocycles. The molecule has 20 heavy (non-hydrogen) atoms. The first-order valence-corrected chi connectivity index (χ1v) is 6.86. The van der Waals surface area contributed by atoms with Gasteiger partial charge < -0.3 is 20.3 Å². The first-order valence-electron chi connectivity index (χ1n) is 6.32. The highest BCUT2D eigenvalue weighted by Crippen LogP contribution is 2.27. The van der Waals surface area contributed by atoms with Crippen LogP contribution in [0.15, 0.2) is 18.2 Å². The number of alkyl halides is 1. The van der Waals surface area contributed by atoms with E-state index in [2.05, 4.69) is 10.6 Å². The predicted octanol–water partition coefficient (Wildman–Crippen LogP) is 1.86. The minimum atomic E-state index is -0.311. The molecule has 1 aliphatic heterocycles. The van der Waals surface area contributed by atoms with Gasteiger partial charge in [-0.2, -0.15) is 0 Å². The average molecular weight is 298 g/mol. The van der Waals surface area contributed by atoms with Crippen molar-refractivity contribution in [2.45, 2.75) is 6.92 Å². The summed E-state index contributed by atoms with van der Waals surface area (Å²) in [6.45, 7) is 2.98. The van der Waals surface area contributed by atoms with Gasteiger partial charge in [-0.15, -0.1) is 11.6 Å². The van der Waals surface area contributed by atoms with Gasteiger partial charge >= 0.3 is 6.03 Å². The van der Waals surface area contributed by atoms with Crippen LogP contribution >= 0.6 is 11.6 Å². The van der Waals surface area contributed by atoms with E-state index < -0.39 is 0 Å². The summed E-state index contributed by atoms with van der Waals surface area (Å²) in [6, 6.07) is 4.66. The molecule has 1 aliphatic rings. The van der Waals surface area contributed by atoms with Crippen molar-refractivity contribution in [2.75, 3.05) is 31.0 Å². The Morgan fingerprint density at radius 2 is 2.30 bits per heavy atom.